The van der Waals surface area contributed by atoms with E-state index in [1.165, 1.54) is 0 Å². The topological polar surface area (TPSA) is 65.8 Å². The highest BCUT2D eigenvalue weighted by Crippen LogP contribution is 2.14. The van der Waals surface area contributed by atoms with Crippen molar-refractivity contribution in [3.63, 3.8) is 0 Å². The molecular weight excluding hydrogens is 142 g/mol. The fraction of sp³-hybridized carbons (Fsp3) is 0.286. The van der Waals surface area contributed by atoms with Gasteiger partial charge in [-0.1, -0.05) is 23.8 Å². The van der Waals surface area contributed by atoms with Gasteiger partial charge in [0.15, 0.2) is 0 Å². The van der Waals surface area contributed by atoms with E-state index >= 15 is 0 Å². The van der Waals surface area contributed by atoms with E-state index in [0.717, 1.165) is 12.0 Å². The van der Waals surface area contributed by atoms with E-state index < -0.39 is 5.91 Å². The number of nitrogens with zero attached hydrogens (tertiary/aromatic N) is 3. The largest absolute Gasteiger partial charge is 0.292 e. The number of rotatable bonds is 2. The van der Waals surface area contributed by atoms with Gasteiger partial charge in [-0.25, -0.2) is 0 Å². The van der Waals surface area contributed by atoms with Crippen molar-refractivity contribution in [1.29, 1.82) is 0 Å². The third-order valence-corrected chi connectivity index (χ3v) is 1.38. The lowest BCUT2D eigenvalue weighted by atomic mass is 10.1. The molecule has 0 atom stereocenters. The highest BCUT2D eigenvalue weighted by atomic mass is 16.1. The maximum atomic E-state index is 10.7. The van der Waals surface area contributed by atoms with Crippen LogP contribution < -0.4 is 0 Å². The molecule has 1 aliphatic carbocycles. The summed E-state index contributed by atoms with van der Waals surface area (Å²) in [6.45, 7) is 0. The molecule has 1 aliphatic rings. The Hall–Kier alpha value is -1.54. The van der Waals surface area contributed by atoms with Crippen LogP contribution in [0.1, 0.15) is 12.8 Å². The average Bonchev–Trinajstić information content (AvgIpc) is 2.40. The maximum Gasteiger partial charge on any atom is 0.222 e. The first kappa shape index (κ1) is 7.57. The molecule has 0 aromatic rings. The standard InChI is InChI=1S/C7H7N3O/c8-10-9-7(11)5-6-3-1-2-4-6/h1-3H,4-5H2. The number of carbonyl (C=O) groups is 1. The Labute approximate surface area is 63.8 Å². The van der Waals surface area contributed by atoms with Crippen molar-refractivity contribution in [3.8, 4) is 0 Å². The van der Waals surface area contributed by atoms with E-state index in [1.54, 1.807) is 0 Å². The molecule has 0 saturated carbocycles. The molecule has 0 aliphatic heterocycles. The minimum atomic E-state index is -0.414. The molecular formula is C7H7N3O. The van der Waals surface area contributed by atoms with E-state index in [-0.39, 0.29) is 6.42 Å². The van der Waals surface area contributed by atoms with Gasteiger partial charge in [0.05, 0.1) is 0 Å². The Morgan fingerprint density at radius 2 is 2.64 bits per heavy atom. The van der Waals surface area contributed by atoms with Gasteiger partial charge in [0.1, 0.15) is 0 Å². The number of hydrogen-bond acceptors (Lipinski definition) is 1. The summed E-state index contributed by atoms with van der Waals surface area (Å²) < 4.78 is 0. The highest BCUT2D eigenvalue weighted by Gasteiger charge is 2.03. The van der Waals surface area contributed by atoms with Crippen LogP contribution in [-0.2, 0) is 4.79 Å². The molecule has 1 rings (SSSR count). The second-order valence-corrected chi connectivity index (χ2v) is 2.22. The number of amides is 1. The van der Waals surface area contributed by atoms with Gasteiger partial charge in [0, 0.05) is 11.3 Å². The highest BCUT2D eigenvalue weighted by molar-refractivity contribution is 5.79. The molecule has 56 valence electrons. The van der Waals surface area contributed by atoms with Gasteiger partial charge in [-0.3, -0.25) is 4.79 Å². The molecule has 0 spiro atoms. The van der Waals surface area contributed by atoms with Gasteiger partial charge in [-0.05, 0) is 17.1 Å². The molecule has 0 aromatic carbocycles. The lowest BCUT2D eigenvalue weighted by molar-refractivity contribution is -0.117. The zero-order chi connectivity index (χ0) is 8.10. The fourth-order valence-corrected chi connectivity index (χ4v) is 0.902. The molecule has 11 heavy (non-hydrogen) atoms. The van der Waals surface area contributed by atoms with E-state index in [9.17, 15) is 4.79 Å². The van der Waals surface area contributed by atoms with E-state index in [2.05, 4.69) is 10.0 Å². The van der Waals surface area contributed by atoms with Crippen molar-refractivity contribution in [2.45, 2.75) is 12.8 Å². The van der Waals surface area contributed by atoms with Gasteiger partial charge in [-0.15, -0.1) is 0 Å². The van der Waals surface area contributed by atoms with Gasteiger partial charge >= 0.3 is 0 Å². The van der Waals surface area contributed by atoms with Crippen molar-refractivity contribution in [3.05, 3.63) is 34.2 Å². The lowest BCUT2D eigenvalue weighted by Gasteiger charge is -1.93. The van der Waals surface area contributed by atoms with Crippen LogP contribution in [0.25, 0.3) is 10.4 Å². The molecule has 0 heterocycles. The van der Waals surface area contributed by atoms with Gasteiger partial charge in [-0.2, -0.15) is 0 Å². The Bertz CT molecular complexity index is 271. The molecule has 4 nitrogen and oxygen atoms in total. The van der Waals surface area contributed by atoms with Gasteiger partial charge < -0.3 is 0 Å². The second kappa shape index (κ2) is 3.58. The van der Waals surface area contributed by atoms with Crippen molar-refractivity contribution >= 4 is 5.91 Å². The summed E-state index contributed by atoms with van der Waals surface area (Å²) >= 11 is 0. The summed E-state index contributed by atoms with van der Waals surface area (Å²) in [5, 5.41) is 2.96. The summed E-state index contributed by atoms with van der Waals surface area (Å²) in [5.74, 6) is -0.414. The first-order valence-electron chi connectivity index (χ1n) is 3.25. The molecule has 0 bridgehead atoms. The summed E-state index contributed by atoms with van der Waals surface area (Å²) in [6.07, 6.45) is 6.76. The first-order valence-corrected chi connectivity index (χ1v) is 3.25. The minimum absolute atomic E-state index is 0.247. The predicted octanol–water partition coefficient (Wildman–Crippen LogP) is 2.10. The van der Waals surface area contributed by atoms with Crippen molar-refractivity contribution in [2.75, 3.05) is 0 Å². The fourth-order valence-electron chi connectivity index (χ4n) is 0.902. The second-order valence-electron chi connectivity index (χ2n) is 2.22. The van der Waals surface area contributed by atoms with Crippen LogP contribution in [0, 0.1) is 0 Å². The van der Waals surface area contributed by atoms with E-state index in [4.69, 9.17) is 5.53 Å². The number of carbonyl (C=O) groups excluding carboxylic acids is 1. The Balaban J connectivity index is 2.43. The Morgan fingerprint density at radius 1 is 1.82 bits per heavy atom. The van der Waals surface area contributed by atoms with Crippen LogP contribution in [0.5, 0.6) is 0 Å². The SMILES string of the molecule is [N-]=[N+]=NC(=O)CC1=CC=CC1. The zero-order valence-corrected chi connectivity index (χ0v) is 5.90. The summed E-state index contributed by atoms with van der Waals surface area (Å²) in [6, 6.07) is 0. The molecule has 4 heteroatoms. The number of azide groups is 1. The summed E-state index contributed by atoms with van der Waals surface area (Å²) in [7, 11) is 0. The number of hydrogen-bond donors (Lipinski definition) is 0. The summed E-state index contributed by atoms with van der Waals surface area (Å²) in [4.78, 5) is 13.1. The third kappa shape index (κ3) is 2.27. The van der Waals surface area contributed by atoms with Crippen LogP contribution in [-0.4, -0.2) is 5.91 Å². The van der Waals surface area contributed by atoms with Crippen molar-refractivity contribution < 1.29 is 4.79 Å². The molecule has 0 N–H and O–H groups in total. The third-order valence-electron chi connectivity index (χ3n) is 1.38. The normalized spacial score (nSPS) is 14.0. The van der Waals surface area contributed by atoms with Crippen molar-refractivity contribution in [1.82, 2.24) is 0 Å². The van der Waals surface area contributed by atoms with Crippen LogP contribution in [0.15, 0.2) is 28.9 Å². The lowest BCUT2D eigenvalue weighted by Crippen LogP contribution is -1.92. The van der Waals surface area contributed by atoms with Crippen molar-refractivity contribution in [2.24, 2.45) is 5.11 Å². The van der Waals surface area contributed by atoms with Crippen LogP contribution in [0.4, 0.5) is 0 Å². The monoisotopic (exact) mass is 149 g/mol. The average molecular weight is 149 g/mol. The van der Waals surface area contributed by atoms with Crippen LogP contribution in [0.3, 0.4) is 0 Å². The predicted molar refractivity (Wildman–Crippen MR) is 40.6 cm³/mol. The van der Waals surface area contributed by atoms with E-state index in [1.807, 2.05) is 18.2 Å². The zero-order valence-electron chi connectivity index (χ0n) is 5.90. The molecule has 1 amide bonds. The molecule has 0 unspecified atom stereocenters. The quantitative estimate of drug-likeness (QED) is 0.336. The van der Waals surface area contributed by atoms with Gasteiger partial charge in [0.25, 0.3) is 0 Å². The van der Waals surface area contributed by atoms with Crippen LogP contribution >= 0.6 is 0 Å². The summed E-state index contributed by atoms with van der Waals surface area (Å²) in [5.41, 5.74) is 8.92. The van der Waals surface area contributed by atoms with Crippen LogP contribution in [0.2, 0.25) is 0 Å². The molecule has 0 aromatic heterocycles. The first-order chi connectivity index (χ1) is 5.33. The minimum Gasteiger partial charge on any atom is -0.292 e. The Morgan fingerprint density at radius 3 is 3.18 bits per heavy atom. The molecule has 0 radical (unpaired) electrons. The Kier molecular flexibility index (Phi) is 2.47. The smallest absolute Gasteiger partial charge is 0.222 e. The van der Waals surface area contributed by atoms with Gasteiger partial charge in [0.2, 0.25) is 5.91 Å². The maximum absolute atomic E-state index is 10.7. The van der Waals surface area contributed by atoms with E-state index in [0.29, 0.717) is 0 Å². The molecule has 0 saturated heterocycles. The number of allylic oxidation sites excluding steroid dienone is 3. The molecule has 0 fully saturated rings.